The molecule has 3 aliphatic rings. The number of likely N-dealkylation sites (tertiary alicyclic amines) is 1. The molecule has 3 fully saturated rings. The van der Waals surface area contributed by atoms with E-state index >= 15 is 0 Å². The number of rotatable bonds is 10. The van der Waals surface area contributed by atoms with Gasteiger partial charge in [-0.05, 0) is 49.3 Å². The Morgan fingerprint density at radius 2 is 2.00 bits per heavy atom. The van der Waals surface area contributed by atoms with E-state index in [-0.39, 0.29) is 42.2 Å². The van der Waals surface area contributed by atoms with Crippen molar-refractivity contribution in [1.29, 1.82) is 0 Å². The second-order valence-electron chi connectivity index (χ2n) is 9.16. The van der Waals surface area contributed by atoms with E-state index in [0.29, 0.717) is 30.1 Å². The Kier molecular flexibility index (Phi) is 6.37. The predicted molar refractivity (Wildman–Crippen MR) is 121 cm³/mol. The van der Waals surface area contributed by atoms with Crippen LogP contribution in [0.15, 0.2) is 18.2 Å². The number of hydrogen-bond acceptors (Lipinski definition) is 7. The van der Waals surface area contributed by atoms with Crippen molar-refractivity contribution in [2.75, 3.05) is 31.6 Å². The molecule has 2 aromatic rings. The van der Waals surface area contributed by atoms with Gasteiger partial charge < -0.3 is 14.4 Å². The van der Waals surface area contributed by atoms with Crippen LogP contribution < -0.4 is 14.4 Å². The molecule has 1 aliphatic heterocycles. The number of hydrogen-bond donors (Lipinski definition) is 0. The first-order valence-electron chi connectivity index (χ1n) is 11.5. The molecule has 2 aliphatic carbocycles. The zero-order valence-electron chi connectivity index (χ0n) is 18.8. The van der Waals surface area contributed by atoms with Crippen LogP contribution in [0, 0.1) is 5.92 Å². The highest BCUT2D eigenvalue weighted by molar-refractivity contribution is 7.15. The number of anilines is 1. The third-order valence-corrected chi connectivity index (χ3v) is 7.55. The lowest BCUT2D eigenvalue weighted by atomic mass is 9.98. The largest absolute Gasteiger partial charge is 0.489 e. The fraction of sp³-hybridized carbons (Fsp3) is 0.565. The van der Waals surface area contributed by atoms with Gasteiger partial charge in [-0.25, -0.2) is 0 Å². The van der Waals surface area contributed by atoms with E-state index in [9.17, 15) is 18.4 Å². The quantitative estimate of drug-likeness (QED) is 0.502. The highest BCUT2D eigenvalue weighted by atomic mass is 32.1. The van der Waals surface area contributed by atoms with Crippen molar-refractivity contribution in [3.63, 3.8) is 0 Å². The number of alkyl halides is 2. The molecular weight excluding hydrogens is 466 g/mol. The number of nitrogens with zero attached hydrogens (tertiary/aromatic N) is 4. The van der Waals surface area contributed by atoms with E-state index in [4.69, 9.17) is 4.74 Å². The minimum atomic E-state index is -2.95. The van der Waals surface area contributed by atoms with Crippen LogP contribution in [-0.2, 0) is 9.59 Å². The van der Waals surface area contributed by atoms with Crippen LogP contribution in [0.5, 0.6) is 11.5 Å². The summed E-state index contributed by atoms with van der Waals surface area (Å²) in [4.78, 5) is 28.4. The van der Waals surface area contributed by atoms with Crippen molar-refractivity contribution in [3.8, 4) is 11.5 Å². The van der Waals surface area contributed by atoms with Gasteiger partial charge in [0.15, 0.2) is 11.5 Å². The van der Waals surface area contributed by atoms with Gasteiger partial charge in [0, 0.05) is 31.8 Å². The summed E-state index contributed by atoms with van der Waals surface area (Å²) in [5, 5.41) is 9.77. The Morgan fingerprint density at radius 1 is 1.21 bits per heavy atom. The van der Waals surface area contributed by atoms with Gasteiger partial charge in [-0.1, -0.05) is 17.4 Å². The lowest BCUT2D eigenvalue weighted by Gasteiger charge is -2.20. The number of carbonyl (C=O) groups excluding carboxylic acids is 2. The van der Waals surface area contributed by atoms with E-state index in [1.54, 1.807) is 19.2 Å². The molecule has 0 bridgehead atoms. The Morgan fingerprint density at radius 3 is 2.71 bits per heavy atom. The summed E-state index contributed by atoms with van der Waals surface area (Å²) < 4.78 is 36.0. The molecule has 182 valence electrons. The van der Waals surface area contributed by atoms with Crippen LogP contribution in [0.3, 0.4) is 0 Å². The van der Waals surface area contributed by atoms with Crippen molar-refractivity contribution < 1.29 is 27.8 Å². The van der Waals surface area contributed by atoms with Gasteiger partial charge in [0.25, 0.3) is 0 Å². The lowest BCUT2D eigenvalue weighted by Crippen LogP contribution is -2.39. The minimum Gasteiger partial charge on any atom is -0.489 e. The molecule has 2 amide bonds. The Balaban J connectivity index is 1.23. The van der Waals surface area contributed by atoms with Crippen LogP contribution in [-0.4, -0.2) is 60.3 Å². The second kappa shape index (κ2) is 9.44. The maximum atomic E-state index is 12.8. The molecule has 2 saturated carbocycles. The lowest BCUT2D eigenvalue weighted by molar-refractivity contribution is -0.132. The van der Waals surface area contributed by atoms with Crippen LogP contribution in [0.2, 0.25) is 0 Å². The molecule has 1 aromatic heterocycles. The van der Waals surface area contributed by atoms with Crippen LogP contribution in [0.1, 0.15) is 54.5 Å². The molecular formula is C23H26F2N4O4S. The normalized spacial score (nSPS) is 20.2. The summed E-state index contributed by atoms with van der Waals surface area (Å²) in [5.41, 5.74) is 0.794. The average Bonchev–Trinajstić information content (AvgIpc) is 3.74. The highest BCUT2D eigenvalue weighted by Crippen LogP contribution is 2.42. The molecule has 2 heterocycles. The number of amides is 2. The van der Waals surface area contributed by atoms with Gasteiger partial charge >= 0.3 is 6.61 Å². The SMILES string of the molecule is CN(C(=O)CN1C[C@H](c2ccc(OC(F)F)c(OCC3CC3)c2)CC1=O)c1nnc(C2CC2)s1. The molecule has 1 saturated heterocycles. The van der Waals surface area contributed by atoms with Gasteiger partial charge in [0.2, 0.25) is 16.9 Å². The number of likely N-dealkylation sites (N-methyl/N-ethyl adjacent to an activating group) is 1. The van der Waals surface area contributed by atoms with Gasteiger partial charge in [0.05, 0.1) is 6.61 Å². The Hall–Kier alpha value is -2.82. The third kappa shape index (κ3) is 5.29. The van der Waals surface area contributed by atoms with Crippen molar-refractivity contribution in [2.45, 2.75) is 50.6 Å². The summed E-state index contributed by atoms with van der Waals surface area (Å²) in [5.74, 6) is 0.624. The number of carbonyl (C=O) groups is 2. The summed E-state index contributed by atoms with van der Waals surface area (Å²) in [7, 11) is 1.64. The average molecular weight is 493 g/mol. The first kappa shape index (κ1) is 22.9. The summed E-state index contributed by atoms with van der Waals surface area (Å²) in [6, 6.07) is 4.82. The molecule has 0 radical (unpaired) electrons. The monoisotopic (exact) mass is 492 g/mol. The summed E-state index contributed by atoms with van der Waals surface area (Å²) >= 11 is 1.41. The molecule has 1 atom stereocenters. The molecule has 1 aromatic carbocycles. The van der Waals surface area contributed by atoms with E-state index < -0.39 is 6.61 Å². The van der Waals surface area contributed by atoms with Gasteiger partial charge in [-0.3, -0.25) is 14.5 Å². The van der Waals surface area contributed by atoms with Gasteiger partial charge in [0.1, 0.15) is 11.6 Å². The molecule has 8 nitrogen and oxygen atoms in total. The van der Waals surface area contributed by atoms with Crippen molar-refractivity contribution >= 4 is 28.3 Å². The highest BCUT2D eigenvalue weighted by Gasteiger charge is 2.34. The topological polar surface area (TPSA) is 84.9 Å². The van der Waals surface area contributed by atoms with Crippen LogP contribution >= 0.6 is 11.3 Å². The molecule has 5 rings (SSSR count). The van der Waals surface area contributed by atoms with Crippen molar-refractivity contribution in [3.05, 3.63) is 28.8 Å². The van der Waals surface area contributed by atoms with E-state index in [1.807, 2.05) is 0 Å². The molecule has 0 spiro atoms. The number of benzene rings is 1. The molecule has 11 heteroatoms. The fourth-order valence-corrected chi connectivity index (χ4v) is 4.95. The van der Waals surface area contributed by atoms with Crippen molar-refractivity contribution in [1.82, 2.24) is 15.1 Å². The zero-order valence-corrected chi connectivity index (χ0v) is 19.6. The van der Waals surface area contributed by atoms with E-state index in [2.05, 4.69) is 14.9 Å². The number of halogens is 2. The van der Waals surface area contributed by atoms with Crippen LogP contribution in [0.25, 0.3) is 0 Å². The maximum absolute atomic E-state index is 12.8. The third-order valence-electron chi connectivity index (χ3n) is 6.38. The van der Waals surface area contributed by atoms with Crippen molar-refractivity contribution in [2.24, 2.45) is 5.92 Å². The van der Waals surface area contributed by atoms with Crippen LogP contribution in [0.4, 0.5) is 13.9 Å². The standard InChI is InChI=1S/C23H26F2N4O4S/c1-28(23-27-26-21(34-23)14-4-5-14)20(31)11-29-10-16(9-19(29)30)15-6-7-17(33-22(24)25)18(8-15)32-12-13-2-3-13/h6-8,13-14,16,22H,2-5,9-12H2,1H3/t16-/m1/s1. The Labute approximate surface area is 199 Å². The zero-order chi connectivity index (χ0) is 23.8. The first-order chi connectivity index (χ1) is 16.4. The Bertz CT molecular complexity index is 1070. The molecule has 0 unspecified atom stereocenters. The number of aromatic nitrogens is 2. The van der Waals surface area contributed by atoms with E-state index in [1.165, 1.54) is 27.2 Å². The second-order valence-corrected chi connectivity index (χ2v) is 10.2. The minimum absolute atomic E-state index is 0.0139. The smallest absolute Gasteiger partial charge is 0.387 e. The summed E-state index contributed by atoms with van der Waals surface area (Å²) in [6.07, 6.45) is 4.59. The summed E-state index contributed by atoms with van der Waals surface area (Å²) in [6.45, 7) is -2.19. The first-order valence-corrected chi connectivity index (χ1v) is 12.3. The predicted octanol–water partition coefficient (Wildman–Crippen LogP) is 3.78. The molecule has 0 N–H and O–H groups in total. The maximum Gasteiger partial charge on any atom is 0.387 e. The van der Waals surface area contributed by atoms with E-state index in [0.717, 1.165) is 36.3 Å². The fourth-order valence-electron chi connectivity index (χ4n) is 3.96. The molecule has 34 heavy (non-hydrogen) atoms. The van der Waals surface area contributed by atoms with Gasteiger partial charge in [-0.15, -0.1) is 10.2 Å². The van der Waals surface area contributed by atoms with Gasteiger partial charge in [-0.2, -0.15) is 8.78 Å². The number of ether oxygens (including phenoxy) is 2.